The van der Waals surface area contributed by atoms with Crippen molar-refractivity contribution in [3.63, 3.8) is 0 Å². The molecule has 218 valence electrons. The average Bonchev–Trinajstić information content (AvgIpc) is 3.72. The lowest BCUT2D eigenvalue weighted by molar-refractivity contribution is -0.137. The first-order valence-corrected chi connectivity index (χ1v) is 15.8. The molecule has 2 fully saturated rings. The Bertz CT molecular complexity index is 1460. The van der Waals surface area contributed by atoms with Crippen LogP contribution in [-0.4, -0.2) is 76.7 Å². The predicted molar refractivity (Wildman–Crippen MR) is 159 cm³/mol. The molecular weight excluding hydrogens is 569 g/mol. The highest BCUT2D eigenvalue weighted by Crippen LogP contribution is 2.44. The molecule has 3 aromatic rings. The number of thiophene rings is 1. The lowest BCUT2D eigenvalue weighted by atomic mass is 10.1. The number of amides is 1. The van der Waals surface area contributed by atoms with Crippen molar-refractivity contribution in [2.45, 2.75) is 56.3 Å². The third-order valence-corrected chi connectivity index (χ3v) is 10.4. The second kappa shape index (κ2) is 11.1. The van der Waals surface area contributed by atoms with Crippen molar-refractivity contribution in [2.24, 2.45) is 0 Å². The maximum atomic E-state index is 14.1. The van der Waals surface area contributed by atoms with Crippen molar-refractivity contribution in [1.82, 2.24) is 19.8 Å². The van der Waals surface area contributed by atoms with E-state index in [0.717, 1.165) is 84.0 Å². The Morgan fingerprint density at radius 3 is 2.66 bits per heavy atom. The number of carbonyl (C=O) groups is 1. The molecule has 6 rings (SSSR count). The van der Waals surface area contributed by atoms with Gasteiger partial charge in [-0.05, 0) is 63.1 Å². The lowest BCUT2D eigenvalue weighted by Crippen LogP contribution is -2.50. The Hall–Kier alpha value is -2.83. The number of benzene rings is 1. The molecule has 1 aromatic carbocycles. The van der Waals surface area contributed by atoms with Gasteiger partial charge >= 0.3 is 6.18 Å². The molecule has 12 heteroatoms. The van der Waals surface area contributed by atoms with Crippen LogP contribution in [0.15, 0.2) is 35.4 Å². The van der Waals surface area contributed by atoms with Crippen molar-refractivity contribution in [1.29, 1.82) is 0 Å². The van der Waals surface area contributed by atoms with Crippen molar-refractivity contribution >= 4 is 46.3 Å². The molecule has 0 unspecified atom stereocenters. The third kappa shape index (κ3) is 5.78. The monoisotopic (exact) mass is 602 g/mol. The van der Waals surface area contributed by atoms with Gasteiger partial charge in [0.15, 0.2) is 0 Å². The van der Waals surface area contributed by atoms with Gasteiger partial charge in [0.1, 0.15) is 10.4 Å². The molecule has 1 atom stereocenters. The predicted octanol–water partition coefficient (Wildman–Crippen LogP) is 6.38. The largest absolute Gasteiger partial charge is 0.420 e. The minimum Gasteiger partial charge on any atom is -0.369 e. The number of nitrogens with one attached hydrogen (secondary N) is 1. The number of fused-ring (bicyclic) bond motifs is 1. The van der Waals surface area contributed by atoms with Gasteiger partial charge < -0.3 is 20.0 Å². The number of anilines is 3. The van der Waals surface area contributed by atoms with E-state index in [0.29, 0.717) is 22.3 Å². The highest BCUT2D eigenvalue weighted by molar-refractivity contribution is 7.99. The van der Waals surface area contributed by atoms with Gasteiger partial charge in [0.25, 0.3) is 5.91 Å². The van der Waals surface area contributed by atoms with Crippen molar-refractivity contribution < 1.29 is 18.0 Å². The minimum atomic E-state index is -4.64. The van der Waals surface area contributed by atoms with Gasteiger partial charge in [-0.2, -0.15) is 13.2 Å². The van der Waals surface area contributed by atoms with Crippen molar-refractivity contribution in [3.8, 4) is 10.6 Å². The summed E-state index contributed by atoms with van der Waals surface area (Å²) in [6.07, 6.45) is -1.09. The maximum absolute atomic E-state index is 14.1. The van der Waals surface area contributed by atoms with E-state index in [4.69, 9.17) is 0 Å². The standard InChI is InChI=1S/C29H33F3N6OS2/c1-4-18-13-20(37-10-9-36(3)17(2)16-37)7-8-22(18)34-28-33-15-21(29(30,31)32)25(35-28)23-14-24-26(41-23)27(39)38(11-12-40-24)19-5-6-19/h7-8,13-15,17,19H,4-6,9-12,16H2,1-3H3,(H,33,34,35)/t17-/m1/s1. The van der Waals surface area contributed by atoms with Crippen molar-refractivity contribution in [3.05, 3.63) is 46.5 Å². The summed E-state index contributed by atoms with van der Waals surface area (Å²) in [5, 5.41) is 3.18. The number of piperazine rings is 1. The lowest BCUT2D eigenvalue weighted by Gasteiger charge is -2.39. The van der Waals surface area contributed by atoms with Crippen LogP contribution >= 0.6 is 23.1 Å². The van der Waals surface area contributed by atoms with Crippen LogP contribution < -0.4 is 10.2 Å². The first kappa shape index (κ1) is 28.3. The number of thioether (sulfide) groups is 1. The van der Waals surface area contributed by atoms with Gasteiger partial charge in [0.2, 0.25) is 5.95 Å². The van der Waals surface area contributed by atoms with Crippen LogP contribution in [0.25, 0.3) is 10.6 Å². The molecule has 1 saturated carbocycles. The molecule has 2 aliphatic heterocycles. The van der Waals surface area contributed by atoms with E-state index in [2.05, 4.69) is 45.1 Å². The number of likely N-dealkylation sites (N-methyl/N-ethyl adjacent to an activating group) is 1. The van der Waals surface area contributed by atoms with Crippen LogP contribution in [0.1, 0.15) is 47.5 Å². The number of rotatable bonds is 6. The molecule has 7 nitrogen and oxygen atoms in total. The maximum Gasteiger partial charge on any atom is 0.420 e. The average molecular weight is 603 g/mol. The molecule has 0 bridgehead atoms. The molecule has 1 N–H and O–H groups in total. The number of hydrogen-bond acceptors (Lipinski definition) is 8. The fraction of sp³-hybridized carbons (Fsp3) is 0.483. The number of alkyl halides is 3. The van der Waals surface area contributed by atoms with E-state index >= 15 is 0 Å². The van der Waals surface area contributed by atoms with Crippen LogP contribution in [0, 0.1) is 0 Å². The van der Waals surface area contributed by atoms with Gasteiger partial charge in [-0.25, -0.2) is 9.97 Å². The molecule has 0 radical (unpaired) electrons. The van der Waals surface area contributed by atoms with Gasteiger partial charge in [-0.3, -0.25) is 4.79 Å². The molecule has 1 aliphatic carbocycles. The van der Waals surface area contributed by atoms with E-state index in [-0.39, 0.29) is 23.6 Å². The summed E-state index contributed by atoms with van der Waals surface area (Å²) >= 11 is 2.61. The summed E-state index contributed by atoms with van der Waals surface area (Å²) in [6.45, 7) is 7.78. The Kier molecular flexibility index (Phi) is 7.67. The summed E-state index contributed by atoms with van der Waals surface area (Å²) in [5.74, 6) is 0.717. The minimum absolute atomic E-state index is 0.0888. The van der Waals surface area contributed by atoms with E-state index in [1.54, 1.807) is 6.07 Å². The van der Waals surface area contributed by atoms with Gasteiger partial charge in [0, 0.05) is 66.5 Å². The summed E-state index contributed by atoms with van der Waals surface area (Å²) < 4.78 is 42.3. The Morgan fingerprint density at radius 2 is 1.95 bits per heavy atom. The molecule has 1 saturated heterocycles. The Balaban J connectivity index is 1.31. The number of carbonyl (C=O) groups excluding carboxylic acids is 1. The summed E-state index contributed by atoms with van der Waals surface area (Å²) in [6, 6.07) is 8.50. The van der Waals surface area contributed by atoms with Gasteiger partial charge in [-0.1, -0.05) is 6.92 Å². The second-order valence-corrected chi connectivity index (χ2v) is 13.1. The van der Waals surface area contributed by atoms with Crippen LogP contribution in [0.5, 0.6) is 0 Å². The van der Waals surface area contributed by atoms with E-state index < -0.39 is 11.7 Å². The number of aryl methyl sites for hydroxylation is 1. The first-order chi connectivity index (χ1) is 19.6. The zero-order valence-electron chi connectivity index (χ0n) is 23.3. The zero-order valence-corrected chi connectivity index (χ0v) is 24.9. The quantitative estimate of drug-likeness (QED) is 0.351. The molecule has 0 spiro atoms. The highest BCUT2D eigenvalue weighted by atomic mass is 32.2. The fourth-order valence-corrected chi connectivity index (χ4v) is 7.72. The van der Waals surface area contributed by atoms with E-state index in [9.17, 15) is 18.0 Å². The van der Waals surface area contributed by atoms with Gasteiger partial charge in [0.05, 0.1) is 10.6 Å². The molecule has 4 heterocycles. The summed E-state index contributed by atoms with van der Waals surface area (Å²) in [4.78, 5) is 29.8. The molecule has 1 amide bonds. The van der Waals surface area contributed by atoms with Gasteiger partial charge in [-0.15, -0.1) is 23.1 Å². The Morgan fingerprint density at radius 1 is 1.15 bits per heavy atom. The fourth-order valence-electron chi connectivity index (χ4n) is 5.40. The van der Waals surface area contributed by atoms with E-state index in [1.165, 1.54) is 11.8 Å². The summed E-state index contributed by atoms with van der Waals surface area (Å²) in [5.41, 5.74) is 1.80. The molecule has 41 heavy (non-hydrogen) atoms. The van der Waals surface area contributed by atoms with Crippen LogP contribution in [-0.2, 0) is 12.6 Å². The number of aromatic nitrogens is 2. The molecule has 2 aromatic heterocycles. The topological polar surface area (TPSA) is 64.6 Å². The Labute approximate surface area is 246 Å². The van der Waals surface area contributed by atoms with Crippen LogP contribution in [0.4, 0.5) is 30.5 Å². The third-order valence-electron chi connectivity index (χ3n) is 8.10. The second-order valence-electron chi connectivity index (χ2n) is 10.9. The first-order valence-electron chi connectivity index (χ1n) is 14.0. The van der Waals surface area contributed by atoms with Crippen molar-refractivity contribution in [2.75, 3.05) is 49.2 Å². The number of halogens is 3. The number of nitrogens with zero attached hydrogens (tertiary/aromatic N) is 5. The number of hydrogen-bond donors (Lipinski definition) is 1. The SMILES string of the molecule is CCc1cc(N2CCN(C)[C@H](C)C2)ccc1Nc1ncc(C(F)(F)F)c(-c2cc3c(s2)C(=O)N(C2CC2)CCS3)n1. The normalized spacial score (nSPS) is 20.2. The van der Waals surface area contributed by atoms with Crippen LogP contribution in [0.2, 0.25) is 0 Å². The highest BCUT2D eigenvalue weighted by Gasteiger charge is 2.39. The molecule has 3 aliphatic rings. The van der Waals surface area contributed by atoms with E-state index in [1.807, 2.05) is 24.0 Å². The summed E-state index contributed by atoms with van der Waals surface area (Å²) in [7, 11) is 2.14. The molecular formula is C29H33F3N6OS2. The zero-order chi connectivity index (χ0) is 28.9. The van der Waals surface area contributed by atoms with Crippen LogP contribution in [0.3, 0.4) is 0 Å². The smallest absolute Gasteiger partial charge is 0.369 e.